The van der Waals surface area contributed by atoms with Gasteiger partial charge in [-0.15, -0.1) is 0 Å². The number of nitrogens with zero attached hydrogens (tertiary/aromatic N) is 1. The molecular weight excluding hydrogens is 410 g/mol. The van der Waals surface area contributed by atoms with E-state index in [2.05, 4.69) is 14.7 Å². The molecule has 0 aliphatic rings. The number of aromatic amines is 1. The van der Waals surface area contributed by atoms with Gasteiger partial charge in [-0.3, -0.25) is 4.79 Å². The van der Waals surface area contributed by atoms with E-state index in [0.717, 1.165) is 11.8 Å². The van der Waals surface area contributed by atoms with Crippen LogP contribution in [0.1, 0.15) is 5.56 Å². The summed E-state index contributed by atoms with van der Waals surface area (Å²) in [7, 11) is -0.242. The fourth-order valence-corrected chi connectivity index (χ4v) is 3.43. The van der Waals surface area contributed by atoms with Crippen LogP contribution in [-0.2, 0) is 10.0 Å². The average Bonchev–Trinajstić information content (AvgIpc) is 2.70. The van der Waals surface area contributed by atoms with Crippen LogP contribution in [0, 0.1) is 6.92 Å². The molecule has 0 bridgehead atoms. The lowest BCUT2D eigenvalue weighted by Gasteiger charge is -2.12. The van der Waals surface area contributed by atoms with Gasteiger partial charge in [0.15, 0.2) is 0 Å². The molecule has 0 saturated heterocycles. The SMILES string of the molecule is COc1cc(OC)c2c(=O)[nH]c(-c3ccc(OCCNS(C)(=O)=O)c(C)c3)nc2c1. The van der Waals surface area contributed by atoms with Gasteiger partial charge in [-0.25, -0.2) is 18.1 Å². The molecule has 2 N–H and O–H groups in total. The smallest absolute Gasteiger partial charge is 0.262 e. The molecule has 0 amide bonds. The predicted molar refractivity (Wildman–Crippen MR) is 114 cm³/mol. The summed E-state index contributed by atoms with van der Waals surface area (Å²) in [6.45, 7) is 2.22. The minimum Gasteiger partial charge on any atom is -0.497 e. The third kappa shape index (κ3) is 4.89. The van der Waals surface area contributed by atoms with Crippen molar-refractivity contribution < 1.29 is 22.6 Å². The van der Waals surface area contributed by atoms with E-state index in [1.54, 1.807) is 24.3 Å². The Bertz CT molecular complexity index is 1240. The Morgan fingerprint density at radius 1 is 1.10 bits per heavy atom. The summed E-state index contributed by atoms with van der Waals surface area (Å²) in [6.07, 6.45) is 1.09. The van der Waals surface area contributed by atoms with Crippen molar-refractivity contribution in [2.24, 2.45) is 0 Å². The summed E-state index contributed by atoms with van der Waals surface area (Å²) >= 11 is 0. The molecule has 9 nitrogen and oxygen atoms in total. The molecule has 1 heterocycles. The van der Waals surface area contributed by atoms with Crippen molar-refractivity contribution in [1.29, 1.82) is 0 Å². The van der Waals surface area contributed by atoms with Crippen molar-refractivity contribution in [2.45, 2.75) is 6.92 Å². The van der Waals surface area contributed by atoms with Crippen LogP contribution in [0.25, 0.3) is 22.3 Å². The highest BCUT2D eigenvalue weighted by atomic mass is 32.2. The maximum atomic E-state index is 12.7. The van der Waals surface area contributed by atoms with Gasteiger partial charge in [-0.1, -0.05) is 0 Å². The largest absolute Gasteiger partial charge is 0.497 e. The number of aryl methyl sites for hydroxylation is 1. The van der Waals surface area contributed by atoms with Gasteiger partial charge in [0.1, 0.15) is 35.1 Å². The molecule has 2 aromatic carbocycles. The van der Waals surface area contributed by atoms with Gasteiger partial charge in [0.2, 0.25) is 10.0 Å². The molecule has 0 spiro atoms. The second kappa shape index (κ2) is 8.72. The monoisotopic (exact) mass is 433 g/mol. The van der Waals surface area contributed by atoms with Crippen LogP contribution >= 0.6 is 0 Å². The predicted octanol–water partition coefficient (Wildman–Crippen LogP) is 1.84. The lowest BCUT2D eigenvalue weighted by Crippen LogP contribution is -2.26. The molecule has 1 aromatic heterocycles. The number of benzene rings is 2. The Hall–Kier alpha value is -3.11. The first-order valence-corrected chi connectivity index (χ1v) is 11.0. The maximum Gasteiger partial charge on any atom is 0.262 e. The fourth-order valence-electron chi connectivity index (χ4n) is 2.97. The van der Waals surface area contributed by atoms with E-state index in [9.17, 15) is 13.2 Å². The van der Waals surface area contributed by atoms with Crippen LogP contribution in [0.4, 0.5) is 0 Å². The van der Waals surface area contributed by atoms with Crippen molar-refractivity contribution in [3.05, 3.63) is 46.2 Å². The van der Waals surface area contributed by atoms with Gasteiger partial charge >= 0.3 is 0 Å². The molecule has 3 aromatic rings. The van der Waals surface area contributed by atoms with E-state index in [-0.39, 0.29) is 18.7 Å². The van der Waals surface area contributed by atoms with Crippen LogP contribution < -0.4 is 24.5 Å². The number of methoxy groups -OCH3 is 2. The highest BCUT2D eigenvalue weighted by Crippen LogP contribution is 2.29. The molecule has 0 unspecified atom stereocenters. The van der Waals surface area contributed by atoms with Crippen molar-refractivity contribution in [1.82, 2.24) is 14.7 Å². The molecule has 30 heavy (non-hydrogen) atoms. The molecule has 0 aliphatic heterocycles. The summed E-state index contributed by atoms with van der Waals surface area (Å²) < 4.78 is 40.7. The Morgan fingerprint density at radius 3 is 2.50 bits per heavy atom. The van der Waals surface area contributed by atoms with E-state index in [0.29, 0.717) is 39.5 Å². The second-order valence-electron chi connectivity index (χ2n) is 6.63. The van der Waals surface area contributed by atoms with Crippen molar-refractivity contribution >= 4 is 20.9 Å². The lowest BCUT2D eigenvalue weighted by molar-refractivity contribution is 0.321. The Kier molecular flexibility index (Phi) is 6.28. The highest BCUT2D eigenvalue weighted by molar-refractivity contribution is 7.88. The van der Waals surface area contributed by atoms with Crippen LogP contribution in [-0.4, -0.2) is 52.0 Å². The van der Waals surface area contributed by atoms with Gasteiger partial charge in [-0.05, 0) is 30.7 Å². The number of ether oxygens (including phenoxy) is 3. The van der Waals surface area contributed by atoms with Crippen LogP contribution in [0.5, 0.6) is 17.2 Å². The first-order valence-electron chi connectivity index (χ1n) is 9.06. The molecule has 0 fully saturated rings. The van der Waals surface area contributed by atoms with Gasteiger partial charge in [0, 0.05) is 24.2 Å². The van der Waals surface area contributed by atoms with E-state index >= 15 is 0 Å². The van der Waals surface area contributed by atoms with Crippen molar-refractivity contribution in [3.63, 3.8) is 0 Å². The number of hydrogen-bond acceptors (Lipinski definition) is 7. The standard InChI is InChI=1S/C20H23N3O6S/c1-12-9-13(5-6-16(12)29-8-7-21-30(4,25)26)19-22-15-10-14(27-2)11-17(28-3)18(15)20(24)23-19/h5-6,9-11,21H,7-8H2,1-4H3,(H,22,23,24). The minimum atomic E-state index is -3.25. The molecule has 10 heteroatoms. The normalized spacial score (nSPS) is 11.5. The highest BCUT2D eigenvalue weighted by Gasteiger charge is 2.14. The number of fused-ring (bicyclic) bond motifs is 1. The quantitative estimate of drug-likeness (QED) is 0.520. The second-order valence-corrected chi connectivity index (χ2v) is 8.47. The maximum absolute atomic E-state index is 12.7. The molecular formula is C20H23N3O6S. The minimum absolute atomic E-state index is 0.170. The summed E-state index contributed by atoms with van der Waals surface area (Å²) in [5.74, 6) is 1.93. The van der Waals surface area contributed by atoms with E-state index in [1.807, 2.05) is 13.0 Å². The Morgan fingerprint density at radius 2 is 1.87 bits per heavy atom. The Labute approximate surface area is 174 Å². The van der Waals surface area contributed by atoms with Gasteiger partial charge in [-0.2, -0.15) is 0 Å². The zero-order chi connectivity index (χ0) is 21.9. The first-order chi connectivity index (χ1) is 14.2. The third-order valence-corrected chi connectivity index (χ3v) is 5.10. The number of rotatable bonds is 8. The number of hydrogen-bond donors (Lipinski definition) is 2. The van der Waals surface area contributed by atoms with E-state index < -0.39 is 10.0 Å². The molecule has 0 aliphatic carbocycles. The van der Waals surface area contributed by atoms with Crippen LogP contribution in [0.15, 0.2) is 35.1 Å². The molecule has 0 atom stereocenters. The molecule has 160 valence electrons. The first kappa shape index (κ1) is 21.6. The fraction of sp³-hybridized carbons (Fsp3) is 0.300. The van der Waals surface area contributed by atoms with Crippen LogP contribution in [0.2, 0.25) is 0 Å². The summed E-state index contributed by atoms with van der Waals surface area (Å²) in [4.78, 5) is 20.0. The summed E-state index contributed by atoms with van der Waals surface area (Å²) in [6, 6.07) is 8.67. The average molecular weight is 433 g/mol. The van der Waals surface area contributed by atoms with Crippen molar-refractivity contribution in [3.8, 4) is 28.6 Å². The molecule has 3 rings (SSSR count). The zero-order valence-electron chi connectivity index (χ0n) is 17.1. The Balaban J connectivity index is 1.90. The lowest BCUT2D eigenvalue weighted by atomic mass is 10.1. The number of H-pyrrole nitrogens is 1. The molecule has 0 radical (unpaired) electrons. The summed E-state index contributed by atoms with van der Waals surface area (Å²) in [5, 5.41) is 0.345. The topological polar surface area (TPSA) is 120 Å². The van der Waals surface area contributed by atoms with Gasteiger partial charge in [0.25, 0.3) is 5.56 Å². The van der Waals surface area contributed by atoms with E-state index in [1.165, 1.54) is 14.2 Å². The van der Waals surface area contributed by atoms with Gasteiger partial charge in [0.05, 0.1) is 26.0 Å². The number of sulfonamides is 1. The van der Waals surface area contributed by atoms with Gasteiger partial charge < -0.3 is 19.2 Å². The van der Waals surface area contributed by atoms with E-state index in [4.69, 9.17) is 14.2 Å². The van der Waals surface area contributed by atoms with Crippen molar-refractivity contribution in [2.75, 3.05) is 33.6 Å². The van der Waals surface area contributed by atoms with Crippen LogP contribution in [0.3, 0.4) is 0 Å². The zero-order valence-corrected chi connectivity index (χ0v) is 17.9. The number of aromatic nitrogens is 2. The third-order valence-electron chi connectivity index (χ3n) is 4.37. The molecule has 0 saturated carbocycles. The number of nitrogens with one attached hydrogen (secondary N) is 2. The summed E-state index contributed by atoms with van der Waals surface area (Å²) in [5.41, 5.74) is 1.65.